The number of rotatable bonds is 2. The van der Waals surface area contributed by atoms with E-state index in [4.69, 9.17) is 0 Å². The zero-order valence-electron chi connectivity index (χ0n) is 11.4. The Morgan fingerprint density at radius 1 is 1.29 bits per heavy atom. The van der Waals surface area contributed by atoms with Crippen molar-refractivity contribution in [3.8, 4) is 6.07 Å². The van der Waals surface area contributed by atoms with Crippen molar-refractivity contribution in [2.75, 3.05) is 13.1 Å². The van der Waals surface area contributed by atoms with Crippen LogP contribution in [0.15, 0.2) is 0 Å². The molecule has 1 aliphatic carbocycles. The molecule has 1 heterocycles. The molecule has 0 bridgehead atoms. The van der Waals surface area contributed by atoms with Gasteiger partial charge in [-0.2, -0.15) is 5.26 Å². The molecule has 96 valence electrons. The van der Waals surface area contributed by atoms with Gasteiger partial charge in [0.05, 0.1) is 12.0 Å². The van der Waals surface area contributed by atoms with E-state index in [1.807, 2.05) is 0 Å². The molecule has 4 atom stereocenters. The lowest BCUT2D eigenvalue weighted by molar-refractivity contribution is 0.0630. The molecule has 0 N–H and O–H groups in total. The molecule has 1 saturated heterocycles. The first-order valence-electron chi connectivity index (χ1n) is 7.38. The summed E-state index contributed by atoms with van der Waals surface area (Å²) in [6, 6.07) is 3.12. The highest BCUT2D eigenvalue weighted by molar-refractivity contribution is 4.98. The average Bonchev–Trinajstić information content (AvgIpc) is 2.39. The van der Waals surface area contributed by atoms with Crippen LogP contribution in [0.3, 0.4) is 0 Å². The minimum absolute atomic E-state index is 0.293. The van der Waals surface area contributed by atoms with E-state index < -0.39 is 0 Å². The predicted octanol–water partition coefficient (Wildman–Crippen LogP) is 3.44. The SMILES string of the molecule is CCC1CCCN(C2CC(C)CCC2C#N)C1. The van der Waals surface area contributed by atoms with Crippen molar-refractivity contribution in [1.29, 1.82) is 5.26 Å². The minimum Gasteiger partial charge on any atom is -0.299 e. The van der Waals surface area contributed by atoms with Crippen LogP contribution < -0.4 is 0 Å². The first kappa shape index (κ1) is 12.9. The van der Waals surface area contributed by atoms with Crippen LogP contribution in [-0.4, -0.2) is 24.0 Å². The van der Waals surface area contributed by atoms with Gasteiger partial charge in [0.15, 0.2) is 0 Å². The van der Waals surface area contributed by atoms with Crippen LogP contribution in [0, 0.1) is 29.1 Å². The normalized spacial score (nSPS) is 39.8. The molecule has 4 unspecified atom stereocenters. The van der Waals surface area contributed by atoms with E-state index in [-0.39, 0.29) is 0 Å². The molecule has 0 aromatic rings. The van der Waals surface area contributed by atoms with Gasteiger partial charge in [0, 0.05) is 12.6 Å². The summed E-state index contributed by atoms with van der Waals surface area (Å²) in [6.45, 7) is 7.12. The van der Waals surface area contributed by atoms with E-state index in [0.29, 0.717) is 12.0 Å². The van der Waals surface area contributed by atoms with Gasteiger partial charge in [-0.25, -0.2) is 0 Å². The quantitative estimate of drug-likeness (QED) is 0.732. The van der Waals surface area contributed by atoms with Gasteiger partial charge >= 0.3 is 0 Å². The lowest BCUT2D eigenvalue weighted by atomic mass is 9.78. The first-order chi connectivity index (χ1) is 8.24. The highest BCUT2D eigenvalue weighted by Gasteiger charge is 2.34. The molecule has 2 nitrogen and oxygen atoms in total. The molecule has 17 heavy (non-hydrogen) atoms. The number of hydrogen-bond acceptors (Lipinski definition) is 2. The molecule has 0 amide bonds. The smallest absolute Gasteiger partial charge is 0.0672 e. The van der Waals surface area contributed by atoms with Crippen molar-refractivity contribution in [3.05, 3.63) is 0 Å². The van der Waals surface area contributed by atoms with E-state index in [9.17, 15) is 5.26 Å². The predicted molar refractivity (Wildman–Crippen MR) is 70.5 cm³/mol. The van der Waals surface area contributed by atoms with Crippen molar-refractivity contribution in [1.82, 2.24) is 4.90 Å². The Hall–Kier alpha value is -0.550. The Morgan fingerprint density at radius 2 is 2.12 bits per heavy atom. The maximum Gasteiger partial charge on any atom is 0.0672 e. The van der Waals surface area contributed by atoms with Crippen molar-refractivity contribution < 1.29 is 0 Å². The van der Waals surface area contributed by atoms with Crippen LogP contribution in [0.5, 0.6) is 0 Å². The van der Waals surface area contributed by atoms with E-state index in [2.05, 4.69) is 24.8 Å². The van der Waals surface area contributed by atoms with Gasteiger partial charge < -0.3 is 0 Å². The van der Waals surface area contributed by atoms with Crippen LogP contribution in [0.25, 0.3) is 0 Å². The van der Waals surface area contributed by atoms with Crippen LogP contribution in [0.4, 0.5) is 0 Å². The minimum atomic E-state index is 0.293. The lowest BCUT2D eigenvalue weighted by Crippen LogP contribution is -2.48. The summed E-state index contributed by atoms with van der Waals surface area (Å²) in [5.74, 6) is 1.98. The Morgan fingerprint density at radius 3 is 2.82 bits per heavy atom. The zero-order valence-corrected chi connectivity index (χ0v) is 11.4. The Balaban J connectivity index is 2.00. The third-order valence-corrected chi connectivity index (χ3v) is 4.84. The summed E-state index contributed by atoms with van der Waals surface area (Å²) in [5.41, 5.74) is 0. The van der Waals surface area contributed by atoms with Gasteiger partial charge in [0.2, 0.25) is 0 Å². The maximum atomic E-state index is 9.32. The van der Waals surface area contributed by atoms with Crippen molar-refractivity contribution in [3.63, 3.8) is 0 Å². The molecule has 0 aromatic carbocycles. The third kappa shape index (κ3) is 3.01. The summed E-state index contributed by atoms with van der Waals surface area (Å²) in [5, 5.41) is 9.32. The second-order valence-electron chi connectivity index (χ2n) is 6.13. The van der Waals surface area contributed by atoms with E-state index in [1.54, 1.807) is 0 Å². The number of piperidine rings is 1. The standard InChI is InChI=1S/C15H26N2/c1-3-13-5-4-8-17(11-13)15-9-12(2)6-7-14(15)10-16/h12-15H,3-9,11H2,1-2H3. The first-order valence-corrected chi connectivity index (χ1v) is 7.38. The Labute approximate surface area is 106 Å². The molecule has 1 aliphatic heterocycles. The van der Waals surface area contributed by atoms with Crippen LogP contribution in [0.1, 0.15) is 52.4 Å². The molecule has 0 radical (unpaired) electrons. The largest absolute Gasteiger partial charge is 0.299 e. The van der Waals surface area contributed by atoms with Crippen molar-refractivity contribution in [2.45, 2.75) is 58.4 Å². The van der Waals surface area contributed by atoms with Crippen LogP contribution >= 0.6 is 0 Å². The molecule has 0 aromatic heterocycles. The number of nitrogens with zero attached hydrogens (tertiary/aromatic N) is 2. The Kier molecular flexibility index (Phi) is 4.45. The number of nitriles is 1. The van der Waals surface area contributed by atoms with Crippen LogP contribution in [-0.2, 0) is 0 Å². The van der Waals surface area contributed by atoms with E-state index in [1.165, 1.54) is 45.2 Å². The van der Waals surface area contributed by atoms with Gasteiger partial charge in [0.25, 0.3) is 0 Å². The molecular formula is C15H26N2. The summed E-state index contributed by atoms with van der Waals surface area (Å²) in [4.78, 5) is 2.64. The zero-order chi connectivity index (χ0) is 12.3. The molecule has 1 saturated carbocycles. The second-order valence-corrected chi connectivity index (χ2v) is 6.13. The van der Waals surface area contributed by atoms with Gasteiger partial charge in [-0.15, -0.1) is 0 Å². The summed E-state index contributed by atoms with van der Waals surface area (Å²) >= 11 is 0. The highest BCUT2D eigenvalue weighted by Crippen LogP contribution is 2.34. The number of hydrogen-bond donors (Lipinski definition) is 0. The fourth-order valence-corrected chi connectivity index (χ4v) is 3.64. The van der Waals surface area contributed by atoms with E-state index >= 15 is 0 Å². The fraction of sp³-hybridized carbons (Fsp3) is 0.933. The van der Waals surface area contributed by atoms with Gasteiger partial charge in [-0.05, 0) is 50.5 Å². The molecule has 2 heteroatoms. The van der Waals surface area contributed by atoms with Crippen molar-refractivity contribution in [2.24, 2.45) is 17.8 Å². The molecule has 0 spiro atoms. The molecule has 2 rings (SSSR count). The monoisotopic (exact) mass is 234 g/mol. The van der Waals surface area contributed by atoms with E-state index in [0.717, 1.165) is 18.3 Å². The molecule has 2 aliphatic rings. The van der Waals surface area contributed by atoms with Gasteiger partial charge in [-0.1, -0.05) is 20.3 Å². The summed E-state index contributed by atoms with van der Waals surface area (Å²) < 4.78 is 0. The third-order valence-electron chi connectivity index (χ3n) is 4.84. The molecular weight excluding hydrogens is 208 g/mol. The average molecular weight is 234 g/mol. The van der Waals surface area contributed by atoms with Gasteiger partial charge in [-0.3, -0.25) is 4.90 Å². The fourth-order valence-electron chi connectivity index (χ4n) is 3.64. The number of likely N-dealkylation sites (tertiary alicyclic amines) is 1. The maximum absolute atomic E-state index is 9.32. The molecule has 2 fully saturated rings. The van der Waals surface area contributed by atoms with Gasteiger partial charge in [0.1, 0.15) is 0 Å². The Bertz CT molecular complexity index is 281. The summed E-state index contributed by atoms with van der Waals surface area (Å²) in [6.07, 6.45) is 7.65. The highest BCUT2D eigenvalue weighted by atomic mass is 15.2. The lowest BCUT2D eigenvalue weighted by Gasteiger charge is -2.43. The van der Waals surface area contributed by atoms with Crippen LogP contribution in [0.2, 0.25) is 0 Å². The topological polar surface area (TPSA) is 27.0 Å². The van der Waals surface area contributed by atoms with Crippen molar-refractivity contribution >= 4 is 0 Å². The second kappa shape index (κ2) is 5.87. The summed E-state index contributed by atoms with van der Waals surface area (Å²) in [7, 11) is 0.